The summed E-state index contributed by atoms with van der Waals surface area (Å²) in [5, 5.41) is 6.34. The van der Waals surface area contributed by atoms with Crippen LogP contribution in [0.25, 0.3) is 0 Å². The standard InChI is InChI=1S/C18H35N5O4.HI/c1-19-17(21-15-18(26-3)4-11-27-12-5-18)23-9-7-22(8-10-23)14-16(24)20-6-13-25-2;/h4-15H2,1-3H3,(H,19,21)(H,20,24);1H. The van der Waals surface area contributed by atoms with Gasteiger partial charge in [0.05, 0.1) is 18.8 Å². The molecule has 0 aromatic heterocycles. The highest BCUT2D eigenvalue weighted by molar-refractivity contribution is 14.0. The fraction of sp³-hybridized carbons (Fsp3) is 0.889. The highest BCUT2D eigenvalue weighted by atomic mass is 127. The van der Waals surface area contributed by atoms with Crippen LogP contribution in [0.2, 0.25) is 0 Å². The largest absolute Gasteiger partial charge is 0.383 e. The van der Waals surface area contributed by atoms with E-state index in [0.29, 0.717) is 19.7 Å². The number of rotatable bonds is 8. The molecular formula is C18H36IN5O4. The molecule has 0 atom stereocenters. The molecule has 2 N–H and O–H groups in total. The van der Waals surface area contributed by atoms with Crippen molar-refractivity contribution in [1.82, 2.24) is 20.4 Å². The van der Waals surface area contributed by atoms with Gasteiger partial charge in [0.1, 0.15) is 0 Å². The van der Waals surface area contributed by atoms with Crippen molar-refractivity contribution in [1.29, 1.82) is 0 Å². The van der Waals surface area contributed by atoms with Gasteiger partial charge < -0.3 is 29.7 Å². The Morgan fingerprint density at radius 3 is 2.39 bits per heavy atom. The first-order valence-electron chi connectivity index (χ1n) is 9.69. The summed E-state index contributed by atoms with van der Waals surface area (Å²) in [6.07, 6.45) is 1.78. The molecule has 0 aromatic rings. The van der Waals surface area contributed by atoms with E-state index < -0.39 is 0 Å². The molecule has 10 heteroatoms. The number of amides is 1. The van der Waals surface area contributed by atoms with Gasteiger partial charge in [0.25, 0.3) is 0 Å². The summed E-state index contributed by atoms with van der Waals surface area (Å²) in [4.78, 5) is 20.8. The minimum atomic E-state index is -0.184. The molecule has 164 valence electrons. The Labute approximate surface area is 185 Å². The Balaban J connectivity index is 0.00000392. The molecule has 2 fully saturated rings. The zero-order valence-corrected chi connectivity index (χ0v) is 19.7. The number of carbonyl (C=O) groups excluding carboxylic acids is 1. The maximum atomic E-state index is 11.9. The van der Waals surface area contributed by atoms with E-state index in [1.165, 1.54) is 0 Å². The van der Waals surface area contributed by atoms with Crippen LogP contribution >= 0.6 is 24.0 Å². The van der Waals surface area contributed by atoms with Crippen molar-refractivity contribution >= 4 is 35.8 Å². The number of methoxy groups -OCH3 is 2. The van der Waals surface area contributed by atoms with Gasteiger partial charge in [-0.25, -0.2) is 0 Å². The van der Waals surface area contributed by atoms with E-state index in [4.69, 9.17) is 14.2 Å². The average Bonchev–Trinajstić information content (AvgIpc) is 2.70. The number of halogens is 1. The van der Waals surface area contributed by atoms with E-state index >= 15 is 0 Å². The number of nitrogens with one attached hydrogen (secondary N) is 2. The topological polar surface area (TPSA) is 87.7 Å². The molecule has 2 rings (SSSR count). The lowest BCUT2D eigenvalue weighted by atomic mass is 9.94. The van der Waals surface area contributed by atoms with E-state index in [0.717, 1.165) is 64.7 Å². The molecule has 0 radical (unpaired) electrons. The Kier molecular flexibility index (Phi) is 12.2. The first kappa shape index (κ1) is 25.3. The lowest BCUT2D eigenvalue weighted by Crippen LogP contribution is -2.56. The molecule has 9 nitrogen and oxygen atoms in total. The summed E-state index contributed by atoms with van der Waals surface area (Å²) < 4.78 is 16.2. The van der Waals surface area contributed by atoms with Crippen LogP contribution in [0, 0.1) is 0 Å². The third-order valence-corrected chi connectivity index (χ3v) is 5.28. The molecule has 2 aliphatic heterocycles. The number of hydrogen-bond donors (Lipinski definition) is 2. The van der Waals surface area contributed by atoms with Crippen LogP contribution < -0.4 is 10.6 Å². The zero-order valence-electron chi connectivity index (χ0n) is 17.4. The van der Waals surface area contributed by atoms with Crippen molar-refractivity contribution < 1.29 is 19.0 Å². The van der Waals surface area contributed by atoms with Crippen molar-refractivity contribution in [2.75, 3.05) is 86.9 Å². The smallest absolute Gasteiger partial charge is 0.234 e. The van der Waals surface area contributed by atoms with Gasteiger partial charge >= 0.3 is 0 Å². The van der Waals surface area contributed by atoms with E-state index in [9.17, 15) is 4.79 Å². The van der Waals surface area contributed by atoms with Crippen LogP contribution in [-0.2, 0) is 19.0 Å². The molecule has 2 heterocycles. The molecule has 28 heavy (non-hydrogen) atoms. The Morgan fingerprint density at radius 2 is 1.82 bits per heavy atom. The number of ether oxygens (including phenoxy) is 3. The molecule has 0 bridgehead atoms. The number of hydrogen-bond acceptors (Lipinski definition) is 6. The number of nitrogens with zero attached hydrogens (tertiary/aromatic N) is 3. The second kappa shape index (κ2) is 13.5. The third kappa shape index (κ3) is 7.97. The van der Waals surface area contributed by atoms with Crippen molar-refractivity contribution in [2.24, 2.45) is 4.99 Å². The van der Waals surface area contributed by atoms with Gasteiger partial charge in [0.2, 0.25) is 5.91 Å². The number of aliphatic imine (C=N–C) groups is 1. The van der Waals surface area contributed by atoms with Crippen LogP contribution in [0.3, 0.4) is 0 Å². The maximum absolute atomic E-state index is 11.9. The van der Waals surface area contributed by atoms with Crippen LogP contribution in [0.4, 0.5) is 0 Å². The molecule has 0 aromatic carbocycles. The van der Waals surface area contributed by atoms with E-state index in [1.807, 2.05) is 0 Å². The predicted octanol–water partition coefficient (Wildman–Crippen LogP) is -0.244. The van der Waals surface area contributed by atoms with Crippen LogP contribution in [-0.4, -0.2) is 114 Å². The summed E-state index contributed by atoms with van der Waals surface area (Å²) >= 11 is 0. The van der Waals surface area contributed by atoms with E-state index in [-0.39, 0.29) is 35.5 Å². The summed E-state index contributed by atoms with van der Waals surface area (Å²) in [5.41, 5.74) is -0.184. The molecular weight excluding hydrogens is 477 g/mol. The monoisotopic (exact) mass is 513 g/mol. The highest BCUT2D eigenvalue weighted by Gasteiger charge is 2.33. The van der Waals surface area contributed by atoms with Gasteiger partial charge in [0.15, 0.2) is 5.96 Å². The average molecular weight is 513 g/mol. The van der Waals surface area contributed by atoms with Gasteiger partial charge in [-0.05, 0) is 0 Å². The van der Waals surface area contributed by atoms with Gasteiger partial charge in [-0.15, -0.1) is 24.0 Å². The molecule has 1 amide bonds. The molecule has 2 aliphatic rings. The number of carbonyl (C=O) groups is 1. The molecule has 0 aliphatic carbocycles. The van der Waals surface area contributed by atoms with E-state index in [1.54, 1.807) is 21.3 Å². The summed E-state index contributed by atoms with van der Waals surface area (Å²) in [7, 11) is 5.20. The first-order chi connectivity index (χ1) is 13.1. The highest BCUT2D eigenvalue weighted by Crippen LogP contribution is 2.23. The van der Waals surface area contributed by atoms with Crippen molar-refractivity contribution in [3.63, 3.8) is 0 Å². The third-order valence-electron chi connectivity index (χ3n) is 5.28. The normalized spacial score (nSPS) is 20.4. The van der Waals surface area contributed by atoms with Crippen molar-refractivity contribution in [3.05, 3.63) is 0 Å². The molecule has 2 saturated heterocycles. The fourth-order valence-corrected chi connectivity index (χ4v) is 3.44. The van der Waals surface area contributed by atoms with Crippen LogP contribution in [0.1, 0.15) is 12.8 Å². The summed E-state index contributed by atoms with van der Waals surface area (Å²) in [6, 6.07) is 0. The number of guanidine groups is 1. The van der Waals surface area contributed by atoms with E-state index in [2.05, 4.69) is 25.4 Å². The summed E-state index contributed by atoms with van der Waals surface area (Å²) in [5.74, 6) is 0.937. The first-order valence-corrected chi connectivity index (χ1v) is 9.69. The minimum absolute atomic E-state index is 0. The molecule has 0 unspecified atom stereocenters. The Bertz CT molecular complexity index is 481. The Morgan fingerprint density at radius 1 is 1.14 bits per heavy atom. The second-order valence-corrected chi connectivity index (χ2v) is 7.01. The second-order valence-electron chi connectivity index (χ2n) is 7.01. The maximum Gasteiger partial charge on any atom is 0.234 e. The molecule has 0 saturated carbocycles. The van der Waals surface area contributed by atoms with Crippen LogP contribution in [0.5, 0.6) is 0 Å². The lowest BCUT2D eigenvalue weighted by Gasteiger charge is -2.39. The van der Waals surface area contributed by atoms with Gasteiger partial charge in [-0.1, -0.05) is 0 Å². The predicted molar refractivity (Wildman–Crippen MR) is 119 cm³/mol. The quantitative estimate of drug-likeness (QED) is 0.201. The summed E-state index contributed by atoms with van der Waals surface area (Å²) in [6.45, 7) is 7.07. The van der Waals surface area contributed by atoms with Crippen molar-refractivity contribution in [2.45, 2.75) is 18.4 Å². The lowest BCUT2D eigenvalue weighted by molar-refractivity contribution is -0.122. The van der Waals surface area contributed by atoms with Gasteiger partial charge in [-0.2, -0.15) is 0 Å². The van der Waals surface area contributed by atoms with Crippen LogP contribution in [0.15, 0.2) is 4.99 Å². The molecule has 0 spiro atoms. The SMILES string of the molecule is CN=C(NCC1(OC)CCOCC1)N1CCN(CC(=O)NCCOC)CC1.I. The minimum Gasteiger partial charge on any atom is -0.383 e. The zero-order chi connectivity index (χ0) is 19.5. The van der Waals surface area contributed by atoms with Gasteiger partial charge in [0, 0.05) is 86.6 Å². The van der Waals surface area contributed by atoms with Gasteiger partial charge in [-0.3, -0.25) is 14.7 Å². The number of piperazine rings is 1. The Hall–Kier alpha value is -0.690. The fourth-order valence-electron chi connectivity index (χ4n) is 3.44. The van der Waals surface area contributed by atoms with Crippen molar-refractivity contribution in [3.8, 4) is 0 Å².